The van der Waals surface area contributed by atoms with E-state index in [-0.39, 0.29) is 5.56 Å². The highest BCUT2D eigenvalue weighted by atomic mass is 16.1. The van der Waals surface area contributed by atoms with Crippen LogP contribution in [0.1, 0.15) is 11.4 Å². The Hall–Kier alpha value is -2.80. The summed E-state index contributed by atoms with van der Waals surface area (Å²) in [5, 5.41) is 0. The van der Waals surface area contributed by atoms with E-state index in [0.717, 1.165) is 11.0 Å². The molecule has 0 aliphatic heterocycles. The predicted molar refractivity (Wildman–Crippen MR) is 79.7 cm³/mol. The number of aromatic nitrogens is 4. The van der Waals surface area contributed by atoms with E-state index in [1.807, 2.05) is 24.3 Å². The first kappa shape index (κ1) is 13.2. The number of nitrogens with one attached hydrogen (secondary N) is 1. The van der Waals surface area contributed by atoms with E-state index in [9.17, 15) is 4.79 Å². The summed E-state index contributed by atoms with van der Waals surface area (Å²) >= 11 is 0. The Morgan fingerprint density at radius 2 is 2.05 bits per heavy atom. The summed E-state index contributed by atoms with van der Waals surface area (Å²) < 4.78 is 1.65. The van der Waals surface area contributed by atoms with E-state index >= 15 is 0 Å². The number of benzene rings is 1. The molecule has 2 heterocycles. The van der Waals surface area contributed by atoms with Crippen LogP contribution in [0.4, 0.5) is 5.82 Å². The van der Waals surface area contributed by atoms with E-state index in [1.54, 1.807) is 17.7 Å². The van der Waals surface area contributed by atoms with Gasteiger partial charge in [-0.1, -0.05) is 12.1 Å². The number of rotatable bonds is 3. The van der Waals surface area contributed by atoms with Crippen LogP contribution in [0, 0.1) is 6.92 Å². The maximum absolute atomic E-state index is 12.3. The molecule has 21 heavy (non-hydrogen) atoms. The molecule has 106 valence electrons. The van der Waals surface area contributed by atoms with Crippen LogP contribution in [0.2, 0.25) is 0 Å². The number of nitrogen functional groups attached to an aromatic ring is 1. The van der Waals surface area contributed by atoms with Crippen LogP contribution in [-0.2, 0) is 6.54 Å². The van der Waals surface area contributed by atoms with Gasteiger partial charge in [0.05, 0.1) is 35.7 Å². The fourth-order valence-electron chi connectivity index (χ4n) is 2.15. The highest BCUT2D eigenvalue weighted by molar-refractivity contribution is 5.74. The number of aryl methyl sites for hydroxylation is 1. The Bertz CT molecular complexity index is 840. The number of hydrogen-bond acceptors (Lipinski definition) is 6. The molecule has 0 atom stereocenters. The standard InChI is InChI=1S/C14H14N6O/c1-9-14(21)20(12-5-3-2-4-11(12)18-9)8-10-6-17-13(19-15)7-16-10/h2-7H,8,15H2,1H3,(H,17,19). The molecule has 0 fully saturated rings. The Kier molecular flexibility index (Phi) is 3.33. The average molecular weight is 282 g/mol. The van der Waals surface area contributed by atoms with Gasteiger partial charge in [0.25, 0.3) is 5.56 Å². The Labute approximate surface area is 120 Å². The van der Waals surface area contributed by atoms with Crippen molar-refractivity contribution in [1.82, 2.24) is 19.5 Å². The molecule has 2 aromatic heterocycles. The van der Waals surface area contributed by atoms with Crippen molar-refractivity contribution in [3.8, 4) is 0 Å². The third-order valence-corrected chi connectivity index (χ3v) is 3.19. The summed E-state index contributed by atoms with van der Waals surface area (Å²) in [4.78, 5) is 25.0. The van der Waals surface area contributed by atoms with Crippen LogP contribution in [0.5, 0.6) is 0 Å². The molecule has 1 aromatic carbocycles. The lowest BCUT2D eigenvalue weighted by Crippen LogP contribution is -2.25. The molecule has 0 aliphatic carbocycles. The molecule has 0 amide bonds. The van der Waals surface area contributed by atoms with Gasteiger partial charge >= 0.3 is 0 Å². The number of nitrogens with zero attached hydrogens (tertiary/aromatic N) is 4. The molecular weight excluding hydrogens is 268 g/mol. The van der Waals surface area contributed by atoms with Gasteiger partial charge in [0.2, 0.25) is 0 Å². The van der Waals surface area contributed by atoms with Gasteiger partial charge in [-0.05, 0) is 19.1 Å². The van der Waals surface area contributed by atoms with Gasteiger partial charge in [-0.2, -0.15) is 0 Å². The molecular formula is C14H14N6O. The summed E-state index contributed by atoms with van der Waals surface area (Å²) in [7, 11) is 0. The summed E-state index contributed by atoms with van der Waals surface area (Å²) in [6.45, 7) is 2.04. The Morgan fingerprint density at radius 3 is 2.76 bits per heavy atom. The van der Waals surface area contributed by atoms with Gasteiger partial charge in [-0.25, -0.2) is 15.8 Å². The fraction of sp³-hybridized carbons (Fsp3) is 0.143. The van der Waals surface area contributed by atoms with Gasteiger partial charge in [0.1, 0.15) is 5.69 Å². The van der Waals surface area contributed by atoms with Crippen molar-refractivity contribution in [3.05, 3.63) is 58.4 Å². The zero-order valence-corrected chi connectivity index (χ0v) is 11.4. The highest BCUT2D eigenvalue weighted by Crippen LogP contribution is 2.11. The molecule has 7 nitrogen and oxygen atoms in total. The molecule has 0 radical (unpaired) electrons. The lowest BCUT2D eigenvalue weighted by atomic mass is 10.2. The first-order valence-electron chi connectivity index (χ1n) is 6.43. The zero-order valence-electron chi connectivity index (χ0n) is 11.4. The van der Waals surface area contributed by atoms with E-state index in [1.165, 1.54) is 6.20 Å². The average Bonchev–Trinajstić information content (AvgIpc) is 2.52. The van der Waals surface area contributed by atoms with Crippen molar-refractivity contribution < 1.29 is 0 Å². The van der Waals surface area contributed by atoms with Crippen molar-refractivity contribution >= 4 is 16.9 Å². The molecule has 0 unspecified atom stereocenters. The second-order valence-electron chi connectivity index (χ2n) is 4.61. The van der Waals surface area contributed by atoms with Crippen molar-refractivity contribution in [2.24, 2.45) is 5.84 Å². The number of anilines is 1. The maximum Gasteiger partial charge on any atom is 0.272 e. The third kappa shape index (κ3) is 2.46. The zero-order chi connectivity index (χ0) is 14.8. The van der Waals surface area contributed by atoms with Crippen LogP contribution in [0.15, 0.2) is 41.5 Å². The van der Waals surface area contributed by atoms with Crippen LogP contribution >= 0.6 is 0 Å². The van der Waals surface area contributed by atoms with Crippen molar-refractivity contribution in [2.45, 2.75) is 13.5 Å². The quantitative estimate of drug-likeness (QED) is 0.545. The van der Waals surface area contributed by atoms with E-state index < -0.39 is 0 Å². The lowest BCUT2D eigenvalue weighted by molar-refractivity contribution is 0.751. The second-order valence-corrected chi connectivity index (χ2v) is 4.61. The number of nitrogens with two attached hydrogens (primary N) is 1. The van der Waals surface area contributed by atoms with Crippen molar-refractivity contribution in [1.29, 1.82) is 0 Å². The lowest BCUT2D eigenvalue weighted by Gasteiger charge is -2.10. The van der Waals surface area contributed by atoms with Gasteiger partial charge in [0.15, 0.2) is 5.82 Å². The summed E-state index contributed by atoms with van der Waals surface area (Å²) in [6.07, 6.45) is 3.11. The molecule has 0 aliphatic rings. The molecule has 0 bridgehead atoms. The Balaban J connectivity index is 2.10. The number of fused-ring (bicyclic) bond motifs is 1. The minimum absolute atomic E-state index is 0.128. The second kappa shape index (κ2) is 5.29. The minimum atomic E-state index is -0.128. The van der Waals surface area contributed by atoms with E-state index in [4.69, 9.17) is 5.84 Å². The number of para-hydroxylation sites is 2. The SMILES string of the molecule is Cc1nc2ccccc2n(Cc2cnc(NN)cn2)c1=O. The third-order valence-electron chi connectivity index (χ3n) is 3.19. The monoisotopic (exact) mass is 282 g/mol. The minimum Gasteiger partial charge on any atom is -0.307 e. The molecule has 0 saturated carbocycles. The molecule has 7 heteroatoms. The van der Waals surface area contributed by atoms with E-state index in [0.29, 0.717) is 23.8 Å². The highest BCUT2D eigenvalue weighted by Gasteiger charge is 2.09. The molecule has 0 saturated heterocycles. The molecule has 3 N–H and O–H groups in total. The van der Waals surface area contributed by atoms with Crippen LogP contribution in [0.25, 0.3) is 11.0 Å². The van der Waals surface area contributed by atoms with E-state index in [2.05, 4.69) is 20.4 Å². The maximum atomic E-state index is 12.3. The summed E-state index contributed by atoms with van der Waals surface area (Å²) in [5.74, 6) is 5.73. The van der Waals surface area contributed by atoms with Crippen molar-refractivity contribution in [2.75, 3.05) is 5.43 Å². The van der Waals surface area contributed by atoms with Gasteiger partial charge in [-0.3, -0.25) is 14.3 Å². The van der Waals surface area contributed by atoms with Gasteiger partial charge in [-0.15, -0.1) is 0 Å². The summed E-state index contributed by atoms with van der Waals surface area (Å²) in [6, 6.07) is 7.52. The molecule has 3 rings (SSSR count). The van der Waals surface area contributed by atoms with Crippen LogP contribution in [-0.4, -0.2) is 19.5 Å². The number of hydrogen-bond donors (Lipinski definition) is 2. The fourth-order valence-corrected chi connectivity index (χ4v) is 2.15. The summed E-state index contributed by atoms with van der Waals surface area (Å²) in [5.41, 5.74) is 4.98. The Morgan fingerprint density at radius 1 is 1.24 bits per heavy atom. The predicted octanol–water partition coefficient (Wildman–Crippen LogP) is 0.829. The van der Waals surface area contributed by atoms with Gasteiger partial charge < -0.3 is 5.43 Å². The molecule has 3 aromatic rings. The van der Waals surface area contributed by atoms with Crippen LogP contribution < -0.4 is 16.8 Å². The van der Waals surface area contributed by atoms with Crippen molar-refractivity contribution in [3.63, 3.8) is 0 Å². The number of hydrazine groups is 1. The first-order chi connectivity index (χ1) is 10.2. The normalized spacial score (nSPS) is 10.8. The molecule has 0 spiro atoms. The topological polar surface area (TPSA) is 98.7 Å². The first-order valence-corrected chi connectivity index (χ1v) is 6.43. The largest absolute Gasteiger partial charge is 0.307 e. The smallest absolute Gasteiger partial charge is 0.272 e. The van der Waals surface area contributed by atoms with Crippen LogP contribution in [0.3, 0.4) is 0 Å². The van der Waals surface area contributed by atoms with Gasteiger partial charge in [0, 0.05) is 0 Å².